The zero-order chi connectivity index (χ0) is 15.8. The van der Waals surface area contributed by atoms with Crippen molar-refractivity contribution < 1.29 is 27.5 Å². The van der Waals surface area contributed by atoms with Crippen LogP contribution < -0.4 is 0 Å². The fourth-order valence-electron chi connectivity index (χ4n) is 1.57. The predicted octanol–water partition coefficient (Wildman–Crippen LogP) is 3.18. The van der Waals surface area contributed by atoms with Gasteiger partial charge in [0.2, 0.25) is 0 Å². The summed E-state index contributed by atoms with van der Waals surface area (Å²) >= 11 is 0. The molecule has 0 aliphatic heterocycles. The Morgan fingerprint density at radius 3 is 2.05 bits per heavy atom. The van der Waals surface area contributed by atoms with Crippen LogP contribution in [0.2, 0.25) is 0 Å². The van der Waals surface area contributed by atoms with Gasteiger partial charge in [-0.25, -0.2) is 0 Å². The summed E-state index contributed by atoms with van der Waals surface area (Å²) in [6, 6.07) is 4.06. The molecular formula is C10H4F3N3O5. The van der Waals surface area contributed by atoms with Crippen LogP contribution in [0.5, 0.6) is 0 Å². The molecule has 0 amide bonds. The molecule has 11 heteroatoms. The fraction of sp³-hybridized carbons (Fsp3) is 0.100. The standard InChI is InChI=1S/C10H4F3N3O5/c11-10(12,13)9-8(16(19)20)7(14-21-9)5-1-3-6(4-2-5)15(17)18/h1-4H. The van der Waals surface area contributed by atoms with E-state index in [4.69, 9.17) is 0 Å². The van der Waals surface area contributed by atoms with Crippen molar-refractivity contribution in [1.82, 2.24) is 5.16 Å². The number of nitrogens with zero attached hydrogens (tertiary/aromatic N) is 3. The first-order chi connectivity index (χ1) is 9.71. The van der Waals surface area contributed by atoms with Gasteiger partial charge in [-0.3, -0.25) is 20.2 Å². The number of hydrogen-bond donors (Lipinski definition) is 0. The van der Waals surface area contributed by atoms with Crippen molar-refractivity contribution in [1.29, 1.82) is 0 Å². The second kappa shape index (κ2) is 4.85. The molecule has 2 aromatic rings. The first-order valence-corrected chi connectivity index (χ1v) is 5.18. The van der Waals surface area contributed by atoms with Gasteiger partial charge in [0.05, 0.1) is 9.85 Å². The zero-order valence-corrected chi connectivity index (χ0v) is 9.83. The molecule has 0 atom stereocenters. The van der Waals surface area contributed by atoms with Crippen molar-refractivity contribution in [2.24, 2.45) is 0 Å². The first-order valence-electron chi connectivity index (χ1n) is 5.18. The van der Waals surface area contributed by atoms with Crippen molar-refractivity contribution in [3.8, 4) is 11.3 Å². The molecule has 21 heavy (non-hydrogen) atoms. The minimum atomic E-state index is -5.07. The summed E-state index contributed by atoms with van der Waals surface area (Å²) in [6.45, 7) is 0. The highest BCUT2D eigenvalue weighted by molar-refractivity contribution is 5.71. The molecule has 0 N–H and O–H groups in total. The van der Waals surface area contributed by atoms with E-state index in [1.807, 2.05) is 0 Å². The third-order valence-electron chi connectivity index (χ3n) is 2.46. The molecule has 0 saturated carbocycles. The predicted molar refractivity (Wildman–Crippen MR) is 60.2 cm³/mol. The maximum Gasteiger partial charge on any atom is 0.459 e. The van der Waals surface area contributed by atoms with E-state index in [9.17, 15) is 33.4 Å². The normalized spacial score (nSPS) is 11.4. The highest BCUT2D eigenvalue weighted by Gasteiger charge is 2.46. The molecule has 0 radical (unpaired) electrons. The summed E-state index contributed by atoms with van der Waals surface area (Å²) < 4.78 is 41.7. The summed E-state index contributed by atoms with van der Waals surface area (Å²) in [5, 5.41) is 24.3. The van der Waals surface area contributed by atoms with Gasteiger partial charge >= 0.3 is 17.6 Å². The van der Waals surface area contributed by atoms with Crippen LogP contribution in [0.4, 0.5) is 24.5 Å². The Morgan fingerprint density at radius 2 is 1.62 bits per heavy atom. The number of hydrogen-bond acceptors (Lipinski definition) is 6. The molecule has 1 heterocycles. The van der Waals surface area contributed by atoms with Gasteiger partial charge in [-0.05, 0) is 12.1 Å². The van der Waals surface area contributed by atoms with E-state index >= 15 is 0 Å². The summed E-state index contributed by atoms with van der Waals surface area (Å²) in [7, 11) is 0. The van der Waals surface area contributed by atoms with Gasteiger partial charge < -0.3 is 4.52 Å². The van der Waals surface area contributed by atoms with Crippen molar-refractivity contribution in [3.05, 3.63) is 50.3 Å². The smallest absolute Gasteiger partial charge is 0.343 e. The Morgan fingerprint density at radius 1 is 1.05 bits per heavy atom. The zero-order valence-electron chi connectivity index (χ0n) is 9.83. The minimum Gasteiger partial charge on any atom is -0.343 e. The van der Waals surface area contributed by atoms with Crippen LogP contribution in [-0.4, -0.2) is 15.0 Å². The Labute approximate surface area is 113 Å². The maximum atomic E-state index is 12.6. The lowest BCUT2D eigenvalue weighted by atomic mass is 10.1. The van der Waals surface area contributed by atoms with Gasteiger partial charge in [-0.1, -0.05) is 5.16 Å². The Kier molecular flexibility index (Phi) is 3.33. The second-order valence-electron chi connectivity index (χ2n) is 3.77. The summed E-state index contributed by atoms with van der Waals surface area (Å²) in [5.74, 6) is -1.83. The van der Waals surface area contributed by atoms with Gasteiger partial charge in [0.1, 0.15) is 0 Å². The van der Waals surface area contributed by atoms with E-state index in [0.717, 1.165) is 24.3 Å². The van der Waals surface area contributed by atoms with Crippen LogP contribution in [0, 0.1) is 20.2 Å². The topological polar surface area (TPSA) is 112 Å². The van der Waals surface area contributed by atoms with Gasteiger partial charge in [0, 0.05) is 17.7 Å². The second-order valence-corrected chi connectivity index (χ2v) is 3.77. The van der Waals surface area contributed by atoms with Crippen LogP contribution in [0.1, 0.15) is 5.76 Å². The van der Waals surface area contributed by atoms with Crippen LogP contribution in [-0.2, 0) is 6.18 Å². The number of aromatic nitrogens is 1. The molecule has 1 aromatic heterocycles. The monoisotopic (exact) mass is 303 g/mol. The lowest BCUT2D eigenvalue weighted by Gasteiger charge is -2.00. The SMILES string of the molecule is O=[N+]([O-])c1ccc(-c2noc(C(F)(F)F)c2[N+](=O)[O-])cc1. The average molecular weight is 303 g/mol. The number of nitro benzene ring substituents is 1. The molecule has 110 valence electrons. The van der Waals surface area contributed by atoms with Crippen LogP contribution >= 0.6 is 0 Å². The summed E-state index contributed by atoms with van der Waals surface area (Å²) in [5.41, 5.74) is -2.41. The van der Waals surface area contributed by atoms with Crippen LogP contribution in [0.3, 0.4) is 0 Å². The molecule has 0 aliphatic carbocycles. The quantitative estimate of drug-likeness (QED) is 0.635. The highest BCUT2D eigenvalue weighted by atomic mass is 19.4. The largest absolute Gasteiger partial charge is 0.459 e. The molecule has 0 fully saturated rings. The van der Waals surface area contributed by atoms with Gasteiger partial charge in [-0.2, -0.15) is 13.2 Å². The number of non-ortho nitro benzene ring substituents is 1. The Bertz CT molecular complexity index is 708. The van der Waals surface area contributed by atoms with E-state index in [2.05, 4.69) is 9.68 Å². The van der Waals surface area contributed by atoms with E-state index in [1.165, 1.54) is 0 Å². The molecule has 1 aromatic carbocycles. The van der Waals surface area contributed by atoms with Gasteiger partial charge in [-0.15, -0.1) is 0 Å². The molecule has 0 spiro atoms. The molecule has 0 unspecified atom stereocenters. The third-order valence-corrected chi connectivity index (χ3v) is 2.46. The first kappa shape index (κ1) is 14.4. The molecule has 2 rings (SSSR count). The highest BCUT2D eigenvalue weighted by Crippen LogP contribution is 2.41. The number of nitro groups is 2. The number of rotatable bonds is 3. The number of halogens is 3. The number of benzene rings is 1. The Balaban J connectivity index is 2.57. The molecule has 8 nitrogen and oxygen atoms in total. The summed E-state index contributed by atoms with van der Waals surface area (Å²) in [4.78, 5) is 19.3. The van der Waals surface area contributed by atoms with Crippen molar-refractivity contribution in [3.63, 3.8) is 0 Å². The average Bonchev–Trinajstić information content (AvgIpc) is 2.83. The number of alkyl halides is 3. The van der Waals surface area contributed by atoms with E-state index in [0.29, 0.717) is 0 Å². The van der Waals surface area contributed by atoms with Crippen molar-refractivity contribution in [2.45, 2.75) is 6.18 Å². The minimum absolute atomic E-state index is 0.105. The summed E-state index contributed by atoms with van der Waals surface area (Å²) in [6.07, 6.45) is -5.07. The van der Waals surface area contributed by atoms with Crippen LogP contribution in [0.15, 0.2) is 28.8 Å². The maximum absolute atomic E-state index is 12.6. The molecule has 0 aliphatic rings. The Hall–Kier alpha value is -2.98. The van der Waals surface area contributed by atoms with E-state index in [-0.39, 0.29) is 11.3 Å². The van der Waals surface area contributed by atoms with Gasteiger partial charge in [0.25, 0.3) is 5.69 Å². The lowest BCUT2D eigenvalue weighted by molar-refractivity contribution is -0.388. The molecule has 0 saturated heterocycles. The van der Waals surface area contributed by atoms with E-state index in [1.54, 1.807) is 0 Å². The fourth-order valence-corrected chi connectivity index (χ4v) is 1.57. The molecular weight excluding hydrogens is 299 g/mol. The molecule has 0 bridgehead atoms. The van der Waals surface area contributed by atoms with Crippen LogP contribution in [0.25, 0.3) is 11.3 Å². The lowest BCUT2D eigenvalue weighted by Crippen LogP contribution is -2.06. The van der Waals surface area contributed by atoms with E-state index < -0.39 is 33.2 Å². The van der Waals surface area contributed by atoms with Gasteiger partial charge in [0.15, 0.2) is 5.69 Å². The third kappa shape index (κ3) is 2.66. The van der Waals surface area contributed by atoms with Crippen molar-refractivity contribution in [2.75, 3.05) is 0 Å². The van der Waals surface area contributed by atoms with Crippen molar-refractivity contribution >= 4 is 11.4 Å².